The van der Waals surface area contributed by atoms with Crippen molar-refractivity contribution in [1.29, 1.82) is 0 Å². The van der Waals surface area contributed by atoms with Gasteiger partial charge in [-0.15, -0.1) is 0 Å². The van der Waals surface area contributed by atoms with Gasteiger partial charge in [0.1, 0.15) is 5.82 Å². The molecule has 0 aliphatic heterocycles. The maximum Gasteiger partial charge on any atom is 0.417 e. The van der Waals surface area contributed by atoms with E-state index < -0.39 is 17.5 Å². The Bertz CT molecular complexity index is 882. The fourth-order valence-corrected chi connectivity index (χ4v) is 2.22. The maximum atomic E-state index is 13.5. The lowest BCUT2D eigenvalue weighted by Gasteiger charge is -2.06. The minimum Gasteiger partial charge on any atom is -0.408 e. The van der Waals surface area contributed by atoms with Gasteiger partial charge in [-0.1, -0.05) is 18.2 Å². The molecule has 0 saturated heterocycles. The monoisotopic (exact) mass is 300 g/mol. The molecule has 0 saturated carbocycles. The van der Waals surface area contributed by atoms with E-state index in [4.69, 9.17) is 4.42 Å². The molecule has 3 aromatic rings. The summed E-state index contributed by atoms with van der Waals surface area (Å²) in [7, 11) is 0. The molecule has 0 fully saturated rings. The van der Waals surface area contributed by atoms with Gasteiger partial charge in [-0.3, -0.25) is 9.78 Å². The summed E-state index contributed by atoms with van der Waals surface area (Å²) in [5.74, 6) is -1.49. The number of halogens is 1. The summed E-state index contributed by atoms with van der Waals surface area (Å²) in [6.45, 7) is 0.362. The van der Waals surface area contributed by atoms with E-state index in [0.717, 1.165) is 5.56 Å². The molecule has 1 heterocycles. The number of benzene rings is 2. The average molecular weight is 300 g/mol. The first-order chi connectivity index (χ1) is 10.6. The predicted molar refractivity (Wildman–Crippen MR) is 79.3 cm³/mol. The van der Waals surface area contributed by atoms with Crippen molar-refractivity contribution in [3.63, 3.8) is 0 Å². The van der Waals surface area contributed by atoms with E-state index in [0.29, 0.717) is 24.1 Å². The molecule has 0 bridgehead atoms. The number of H-pyrrole nitrogens is 1. The zero-order chi connectivity index (χ0) is 15.5. The molecule has 1 amide bonds. The Kier molecular flexibility index (Phi) is 3.74. The van der Waals surface area contributed by atoms with Crippen molar-refractivity contribution < 1.29 is 13.6 Å². The highest BCUT2D eigenvalue weighted by Gasteiger charge is 2.10. The second-order valence-electron chi connectivity index (χ2n) is 4.83. The molecule has 1 aromatic heterocycles. The molecule has 0 atom stereocenters. The van der Waals surface area contributed by atoms with Crippen LogP contribution in [0.2, 0.25) is 0 Å². The number of fused-ring (bicyclic) bond motifs is 1. The summed E-state index contributed by atoms with van der Waals surface area (Å²) in [6, 6.07) is 11.1. The summed E-state index contributed by atoms with van der Waals surface area (Å²) in [6.07, 6.45) is 0.559. The van der Waals surface area contributed by atoms with E-state index in [-0.39, 0.29) is 5.56 Å². The maximum absolute atomic E-state index is 13.5. The van der Waals surface area contributed by atoms with Gasteiger partial charge in [-0.25, -0.2) is 9.18 Å². The normalized spacial score (nSPS) is 10.8. The second-order valence-corrected chi connectivity index (χ2v) is 4.83. The molecule has 0 unspecified atom stereocenters. The third-order valence-corrected chi connectivity index (χ3v) is 3.30. The SMILES string of the molecule is O=C(NCCc1ccc2oc(=O)[nH]c2c1)c1ccccc1F. The van der Waals surface area contributed by atoms with Crippen LogP contribution in [-0.4, -0.2) is 17.4 Å². The van der Waals surface area contributed by atoms with Crippen LogP contribution in [0.5, 0.6) is 0 Å². The van der Waals surface area contributed by atoms with Gasteiger partial charge in [0.25, 0.3) is 5.91 Å². The standard InChI is InChI=1S/C16H13FN2O3/c17-12-4-2-1-3-11(12)15(20)18-8-7-10-5-6-14-13(9-10)19-16(21)22-14/h1-6,9H,7-8H2,(H,18,20)(H,19,21). The Hall–Kier alpha value is -2.89. The largest absolute Gasteiger partial charge is 0.417 e. The number of nitrogens with one attached hydrogen (secondary N) is 2. The van der Waals surface area contributed by atoms with Crippen LogP contribution < -0.4 is 11.1 Å². The summed E-state index contributed by atoms with van der Waals surface area (Å²) in [5.41, 5.74) is 2.06. The van der Waals surface area contributed by atoms with Crippen LogP contribution in [0, 0.1) is 5.82 Å². The Morgan fingerprint density at radius 2 is 2.05 bits per heavy atom. The topological polar surface area (TPSA) is 75.1 Å². The highest BCUT2D eigenvalue weighted by Crippen LogP contribution is 2.12. The quantitative estimate of drug-likeness (QED) is 0.776. The lowest BCUT2D eigenvalue weighted by Crippen LogP contribution is -2.26. The van der Waals surface area contributed by atoms with Crippen molar-refractivity contribution in [2.75, 3.05) is 6.54 Å². The van der Waals surface area contributed by atoms with Gasteiger partial charge in [-0.05, 0) is 36.2 Å². The summed E-state index contributed by atoms with van der Waals surface area (Å²) in [4.78, 5) is 25.5. The number of oxazole rings is 1. The number of aromatic amines is 1. The van der Waals surface area contributed by atoms with Gasteiger partial charge in [0.05, 0.1) is 11.1 Å². The molecule has 0 aliphatic rings. The average Bonchev–Trinajstić information content (AvgIpc) is 2.87. The Balaban J connectivity index is 1.63. The van der Waals surface area contributed by atoms with Gasteiger partial charge in [0.15, 0.2) is 5.58 Å². The first-order valence-electron chi connectivity index (χ1n) is 6.78. The molecule has 22 heavy (non-hydrogen) atoms. The van der Waals surface area contributed by atoms with E-state index in [2.05, 4.69) is 10.3 Å². The lowest BCUT2D eigenvalue weighted by molar-refractivity contribution is 0.0950. The highest BCUT2D eigenvalue weighted by molar-refractivity contribution is 5.94. The molecule has 0 spiro atoms. The number of rotatable bonds is 4. The highest BCUT2D eigenvalue weighted by atomic mass is 19.1. The predicted octanol–water partition coefficient (Wildman–Crippen LogP) is 2.23. The van der Waals surface area contributed by atoms with Crippen LogP contribution in [0.25, 0.3) is 11.1 Å². The second kappa shape index (κ2) is 5.85. The molecule has 5 nitrogen and oxygen atoms in total. The third-order valence-electron chi connectivity index (χ3n) is 3.30. The zero-order valence-corrected chi connectivity index (χ0v) is 11.6. The van der Waals surface area contributed by atoms with Crippen molar-refractivity contribution in [3.8, 4) is 0 Å². The number of carbonyl (C=O) groups is 1. The minimum atomic E-state index is -0.544. The van der Waals surface area contributed by atoms with Gasteiger partial charge in [-0.2, -0.15) is 0 Å². The molecular formula is C16H13FN2O3. The van der Waals surface area contributed by atoms with Crippen molar-refractivity contribution in [3.05, 3.63) is 70.0 Å². The van der Waals surface area contributed by atoms with Crippen molar-refractivity contribution >= 4 is 17.0 Å². The van der Waals surface area contributed by atoms with Gasteiger partial charge in [0.2, 0.25) is 0 Å². The molecule has 0 aliphatic carbocycles. The molecule has 2 N–H and O–H groups in total. The fourth-order valence-electron chi connectivity index (χ4n) is 2.22. The van der Waals surface area contributed by atoms with Crippen LogP contribution in [0.3, 0.4) is 0 Å². The van der Waals surface area contributed by atoms with Crippen LogP contribution in [0.15, 0.2) is 51.7 Å². The molecular weight excluding hydrogens is 287 g/mol. The third kappa shape index (κ3) is 2.90. The van der Waals surface area contributed by atoms with E-state index >= 15 is 0 Å². The van der Waals surface area contributed by atoms with E-state index in [1.165, 1.54) is 18.2 Å². The first-order valence-corrected chi connectivity index (χ1v) is 6.78. The number of carbonyl (C=O) groups excluding carboxylic acids is 1. The number of hydrogen-bond donors (Lipinski definition) is 2. The molecule has 112 valence electrons. The van der Waals surface area contributed by atoms with E-state index in [1.807, 2.05) is 6.07 Å². The van der Waals surface area contributed by atoms with E-state index in [1.54, 1.807) is 18.2 Å². The van der Waals surface area contributed by atoms with Crippen LogP contribution in [-0.2, 0) is 6.42 Å². The Labute approximate surface area is 124 Å². The van der Waals surface area contributed by atoms with Crippen LogP contribution >= 0.6 is 0 Å². The van der Waals surface area contributed by atoms with Crippen molar-refractivity contribution in [2.24, 2.45) is 0 Å². The van der Waals surface area contributed by atoms with E-state index in [9.17, 15) is 14.0 Å². The molecule has 2 aromatic carbocycles. The number of aromatic nitrogens is 1. The van der Waals surface area contributed by atoms with Crippen LogP contribution in [0.4, 0.5) is 4.39 Å². The van der Waals surface area contributed by atoms with Crippen molar-refractivity contribution in [2.45, 2.75) is 6.42 Å². The minimum absolute atomic E-state index is 0.0251. The van der Waals surface area contributed by atoms with Gasteiger partial charge >= 0.3 is 5.76 Å². The smallest absolute Gasteiger partial charge is 0.408 e. The van der Waals surface area contributed by atoms with Crippen molar-refractivity contribution in [1.82, 2.24) is 10.3 Å². The molecule has 6 heteroatoms. The molecule has 3 rings (SSSR count). The van der Waals surface area contributed by atoms with Gasteiger partial charge < -0.3 is 9.73 Å². The Morgan fingerprint density at radius 1 is 1.23 bits per heavy atom. The Morgan fingerprint density at radius 3 is 2.86 bits per heavy atom. The first kappa shape index (κ1) is 14.1. The number of hydrogen-bond acceptors (Lipinski definition) is 3. The lowest BCUT2D eigenvalue weighted by atomic mass is 10.1. The number of amides is 1. The zero-order valence-electron chi connectivity index (χ0n) is 11.6. The summed E-state index contributed by atoms with van der Waals surface area (Å²) in [5, 5.41) is 2.67. The summed E-state index contributed by atoms with van der Waals surface area (Å²) >= 11 is 0. The fraction of sp³-hybridized carbons (Fsp3) is 0.125. The molecule has 0 radical (unpaired) electrons. The van der Waals surface area contributed by atoms with Gasteiger partial charge in [0, 0.05) is 6.54 Å². The summed E-state index contributed by atoms with van der Waals surface area (Å²) < 4.78 is 18.4. The van der Waals surface area contributed by atoms with Crippen LogP contribution in [0.1, 0.15) is 15.9 Å².